The Morgan fingerprint density at radius 2 is 1.71 bits per heavy atom. The van der Waals surface area contributed by atoms with Gasteiger partial charge in [-0.25, -0.2) is 0 Å². The third-order valence-electron chi connectivity index (χ3n) is 2.64. The lowest BCUT2D eigenvalue weighted by Crippen LogP contribution is -2.01. The van der Waals surface area contributed by atoms with E-state index in [2.05, 4.69) is 9.99 Å². The maximum Gasteiger partial charge on any atom is 0.179 e. The predicted molar refractivity (Wildman–Crippen MR) is 86.6 cm³/mol. The van der Waals surface area contributed by atoms with Gasteiger partial charge in [0.1, 0.15) is 19.5 Å². The van der Waals surface area contributed by atoms with E-state index in [0.717, 1.165) is 5.56 Å². The van der Waals surface area contributed by atoms with Crippen LogP contribution in [0.1, 0.15) is 11.1 Å². The van der Waals surface area contributed by atoms with Gasteiger partial charge in [0.2, 0.25) is 0 Å². The average Bonchev–Trinajstić information content (AvgIpc) is 2.48. The lowest BCUT2D eigenvalue weighted by Gasteiger charge is -2.11. The van der Waals surface area contributed by atoms with E-state index >= 15 is 0 Å². The van der Waals surface area contributed by atoms with Crippen LogP contribution in [0.4, 0.5) is 0 Å². The second-order valence-electron chi connectivity index (χ2n) is 4.12. The largest absolute Gasteiger partial charge is 0.488 e. The van der Waals surface area contributed by atoms with Crippen LogP contribution in [0.2, 0.25) is 10.0 Å². The number of hydrogen-bond donors (Lipinski definition) is 0. The summed E-state index contributed by atoms with van der Waals surface area (Å²) >= 11 is 17.9. The van der Waals surface area contributed by atoms with Crippen LogP contribution in [-0.2, 0) is 11.4 Å². The summed E-state index contributed by atoms with van der Waals surface area (Å²) in [6.07, 6.45) is 0. The number of ether oxygens (including phenoxy) is 1. The van der Waals surface area contributed by atoms with Crippen LogP contribution < -0.4 is 4.74 Å². The Morgan fingerprint density at radius 3 is 2.38 bits per heavy atom. The number of rotatable bonds is 5. The first-order valence-electron chi connectivity index (χ1n) is 6.04. The highest BCUT2D eigenvalue weighted by Crippen LogP contribution is 2.26. The molecule has 3 nitrogen and oxygen atoms in total. The van der Waals surface area contributed by atoms with Gasteiger partial charge < -0.3 is 9.57 Å². The fraction of sp³-hybridized carbons (Fsp3) is 0.133. The maximum absolute atomic E-state index is 6.05. The molecule has 0 fully saturated rings. The number of nitrogens with zero attached hydrogens (tertiary/aromatic N) is 1. The molecule has 0 spiro atoms. The molecular formula is C15H12Cl3NO2. The highest BCUT2D eigenvalue weighted by molar-refractivity contribution is 6.69. The van der Waals surface area contributed by atoms with Gasteiger partial charge in [0.15, 0.2) is 5.17 Å². The summed E-state index contributed by atoms with van der Waals surface area (Å²) in [6, 6.07) is 12.5. The molecule has 0 unspecified atom stereocenters. The van der Waals surface area contributed by atoms with E-state index in [1.807, 2.05) is 24.3 Å². The van der Waals surface area contributed by atoms with Crippen LogP contribution in [0, 0.1) is 0 Å². The third-order valence-corrected chi connectivity index (χ3v) is 3.40. The van der Waals surface area contributed by atoms with E-state index < -0.39 is 0 Å². The molecule has 0 aliphatic rings. The Kier molecular flexibility index (Phi) is 5.74. The minimum absolute atomic E-state index is 0.172. The Balaban J connectivity index is 2.19. The van der Waals surface area contributed by atoms with E-state index in [4.69, 9.17) is 39.5 Å². The molecule has 0 atom stereocenters. The van der Waals surface area contributed by atoms with Crippen LogP contribution in [0.15, 0.2) is 47.6 Å². The summed E-state index contributed by atoms with van der Waals surface area (Å²) in [5.41, 5.74) is 1.56. The quantitative estimate of drug-likeness (QED) is 0.557. The molecule has 0 N–H and O–H groups in total. The van der Waals surface area contributed by atoms with Crippen molar-refractivity contribution in [1.29, 1.82) is 0 Å². The van der Waals surface area contributed by atoms with Crippen LogP contribution >= 0.6 is 34.8 Å². The van der Waals surface area contributed by atoms with Gasteiger partial charge in [-0.05, 0) is 35.9 Å². The van der Waals surface area contributed by atoms with Gasteiger partial charge in [0.25, 0.3) is 0 Å². The predicted octanol–water partition coefficient (Wildman–Crippen LogP) is 5.12. The maximum atomic E-state index is 6.05. The molecule has 2 aromatic carbocycles. The summed E-state index contributed by atoms with van der Waals surface area (Å²) in [5.74, 6) is 0.570. The Morgan fingerprint density at radius 1 is 1.05 bits per heavy atom. The molecule has 0 amide bonds. The fourth-order valence-electron chi connectivity index (χ4n) is 1.66. The SMILES string of the molecule is CO/N=C(/Cl)c1cc(Cl)ccc1OCc1ccc(Cl)cc1. The monoisotopic (exact) mass is 343 g/mol. The zero-order valence-corrected chi connectivity index (χ0v) is 13.4. The summed E-state index contributed by atoms with van der Waals surface area (Å²) < 4.78 is 5.76. The third kappa shape index (κ3) is 4.53. The van der Waals surface area contributed by atoms with Crippen molar-refractivity contribution in [2.75, 3.05) is 7.11 Å². The molecule has 0 bridgehead atoms. The van der Waals surface area contributed by atoms with Crippen LogP contribution in [0.25, 0.3) is 0 Å². The number of halogens is 3. The van der Waals surface area contributed by atoms with Gasteiger partial charge >= 0.3 is 0 Å². The van der Waals surface area contributed by atoms with Crippen molar-refractivity contribution in [2.45, 2.75) is 6.61 Å². The van der Waals surface area contributed by atoms with E-state index in [9.17, 15) is 0 Å². The van der Waals surface area contributed by atoms with Gasteiger partial charge in [-0.3, -0.25) is 0 Å². The number of oxime groups is 1. The van der Waals surface area contributed by atoms with E-state index in [0.29, 0.717) is 28.0 Å². The molecule has 6 heteroatoms. The van der Waals surface area contributed by atoms with Crippen molar-refractivity contribution in [1.82, 2.24) is 0 Å². The molecule has 0 heterocycles. The van der Waals surface area contributed by atoms with Crippen LogP contribution in [0.3, 0.4) is 0 Å². The zero-order chi connectivity index (χ0) is 15.2. The van der Waals surface area contributed by atoms with Crippen LogP contribution in [-0.4, -0.2) is 12.3 Å². The van der Waals surface area contributed by atoms with Gasteiger partial charge in [0.05, 0.1) is 5.56 Å². The van der Waals surface area contributed by atoms with Crippen molar-refractivity contribution in [3.8, 4) is 5.75 Å². The summed E-state index contributed by atoms with van der Waals surface area (Å²) in [7, 11) is 1.42. The van der Waals surface area contributed by atoms with Crippen LogP contribution in [0.5, 0.6) is 5.75 Å². The highest BCUT2D eigenvalue weighted by atomic mass is 35.5. The molecular weight excluding hydrogens is 333 g/mol. The number of hydrogen-bond acceptors (Lipinski definition) is 3. The highest BCUT2D eigenvalue weighted by Gasteiger charge is 2.11. The van der Waals surface area contributed by atoms with Crippen molar-refractivity contribution in [3.63, 3.8) is 0 Å². The Hall–Kier alpha value is -1.42. The first kappa shape index (κ1) is 16.0. The average molecular weight is 345 g/mol. The molecule has 0 saturated carbocycles. The Labute approximate surface area is 138 Å². The minimum atomic E-state index is 0.172. The lowest BCUT2D eigenvalue weighted by molar-refractivity contribution is 0.214. The molecule has 0 saturated heterocycles. The molecule has 2 rings (SSSR count). The molecule has 110 valence electrons. The van der Waals surface area contributed by atoms with Crippen molar-refractivity contribution < 1.29 is 9.57 Å². The molecule has 21 heavy (non-hydrogen) atoms. The lowest BCUT2D eigenvalue weighted by atomic mass is 10.2. The fourth-order valence-corrected chi connectivity index (χ4v) is 2.18. The standard InChI is InChI=1S/C15H12Cl3NO2/c1-20-19-15(18)13-8-12(17)6-7-14(13)21-9-10-2-4-11(16)5-3-10/h2-8H,9H2,1H3/b19-15+. The normalized spacial score (nSPS) is 11.3. The van der Waals surface area contributed by atoms with Gasteiger partial charge in [-0.1, -0.05) is 52.1 Å². The zero-order valence-electron chi connectivity index (χ0n) is 11.1. The summed E-state index contributed by atoms with van der Waals surface area (Å²) in [6.45, 7) is 0.378. The van der Waals surface area contributed by atoms with Crippen molar-refractivity contribution in [2.24, 2.45) is 5.16 Å². The summed E-state index contributed by atoms with van der Waals surface area (Å²) in [5, 5.41) is 5.08. The van der Waals surface area contributed by atoms with E-state index in [1.165, 1.54) is 7.11 Å². The molecule has 0 aromatic heterocycles. The van der Waals surface area contributed by atoms with Gasteiger partial charge in [-0.15, -0.1) is 0 Å². The molecule has 0 radical (unpaired) electrons. The summed E-state index contributed by atoms with van der Waals surface area (Å²) in [4.78, 5) is 4.67. The van der Waals surface area contributed by atoms with Crippen molar-refractivity contribution >= 4 is 40.0 Å². The topological polar surface area (TPSA) is 30.8 Å². The van der Waals surface area contributed by atoms with E-state index in [-0.39, 0.29) is 5.17 Å². The first-order chi connectivity index (χ1) is 10.1. The smallest absolute Gasteiger partial charge is 0.179 e. The number of benzene rings is 2. The second-order valence-corrected chi connectivity index (χ2v) is 5.35. The van der Waals surface area contributed by atoms with Gasteiger partial charge in [0, 0.05) is 10.0 Å². The minimum Gasteiger partial charge on any atom is -0.488 e. The van der Waals surface area contributed by atoms with Crippen molar-refractivity contribution in [3.05, 3.63) is 63.6 Å². The van der Waals surface area contributed by atoms with Gasteiger partial charge in [-0.2, -0.15) is 0 Å². The molecule has 2 aromatic rings. The molecule has 0 aliphatic heterocycles. The Bertz CT molecular complexity index is 642. The molecule has 0 aliphatic carbocycles. The first-order valence-corrected chi connectivity index (χ1v) is 7.17. The second kappa shape index (κ2) is 7.55. The van der Waals surface area contributed by atoms with E-state index in [1.54, 1.807) is 18.2 Å².